The molecule has 3 heterocycles. The third-order valence-electron chi connectivity index (χ3n) is 15.0. The Morgan fingerprint density at radius 3 is 2.18 bits per heavy atom. The van der Waals surface area contributed by atoms with Gasteiger partial charge in [0.15, 0.2) is 18.4 Å². The van der Waals surface area contributed by atoms with Crippen molar-refractivity contribution in [1.82, 2.24) is 4.90 Å². The number of allylic oxidation sites excluding steroid dienone is 4. The highest BCUT2D eigenvalue weighted by atomic mass is 16.7. The van der Waals surface area contributed by atoms with Gasteiger partial charge in [-0.3, -0.25) is 9.59 Å². The molecule has 13 heteroatoms. The van der Waals surface area contributed by atoms with Gasteiger partial charge in [-0.1, -0.05) is 38.1 Å². The second-order valence-electron chi connectivity index (χ2n) is 18.8. The highest BCUT2D eigenvalue weighted by Gasteiger charge is 2.55. The van der Waals surface area contributed by atoms with Crippen molar-refractivity contribution in [3.8, 4) is 0 Å². The van der Waals surface area contributed by atoms with E-state index in [-0.39, 0.29) is 84.6 Å². The standard InChI is InChI=1S/C49H71NO12/c1-11-32-13-12-14-40(62-42-20-19-39(50(5)6)27(3)58-42)26(2)44(52)38-24-36-34-23-33(61-49-47(56-9)46(55-8)45(54-7)28(4)59-49)21-31(34)22-35(43(36)37(38)25-41(51)60-32)29-15-17-30(18-16-29)48(53)57-10/h15-18,22,24,26-28,31-34,36-37,39-40,42-43,45-47,49H,11-14,19-21,23,25H2,1-10H3/t26-,27?,28?,31?,32+,33-,34-,36+,37-,39+,40+,42+,43?,45?,46?,47?,49?/m1/s1. The fourth-order valence-corrected chi connectivity index (χ4v) is 11.8. The number of benzene rings is 1. The number of hydrogen-bond acceptors (Lipinski definition) is 13. The lowest BCUT2D eigenvalue weighted by atomic mass is 9.65. The molecule has 8 unspecified atom stereocenters. The van der Waals surface area contributed by atoms with E-state index in [1.54, 1.807) is 33.5 Å². The number of cyclic esters (lactones) is 1. The Balaban J connectivity index is 1.23. The van der Waals surface area contributed by atoms with Gasteiger partial charge >= 0.3 is 11.9 Å². The summed E-state index contributed by atoms with van der Waals surface area (Å²) in [7, 11) is 10.5. The van der Waals surface area contributed by atoms with Crippen LogP contribution in [0.2, 0.25) is 0 Å². The van der Waals surface area contributed by atoms with E-state index in [9.17, 15) is 9.59 Å². The maximum absolute atomic E-state index is 15.2. The number of methoxy groups -OCH3 is 4. The summed E-state index contributed by atoms with van der Waals surface area (Å²) >= 11 is 0. The second kappa shape index (κ2) is 20.4. The zero-order valence-electron chi connectivity index (χ0n) is 38.5. The molecule has 3 saturated heterocycles. The Labute approximate surface area is 368 Å². The van der Waals surface area contributed by atoms with Crippen LogP contribution >= 0.6 is 0 Å². The average molecular weight is 866 g/mol. The average Bonchev–Trinajstić information content (AvgIpc) is 3.84. The van der Waals surface area contributed by atoms with Crippen molar-refractivity contribution in [2.24, 2.45) is 35.5 Å². The SMILES string of the molecule is CC[C@H]1CCC[C@H](O[C@H]2CC[C@H](N(C)C)C(C)O2)[C@@H](C)C(=O)C2=C[C@@H]3C(C(c4ccc(C(=O)OC)cc4)=CC4C[C@@H](OC5OC(C)C(OC)C(OC)C5OC)C[C@H]43)[C@@H]2CC(=O)O1. The molecule has 4 fully saturated rings. The van der Waals surface area contributed by atoms with Gasteiger partial charge in [-0.25, -0.2) is 4.79 Å². The van der Waals surface area contributed by atoms with Gasteiger partial charge in [-0.15, -0.1) is 0 Å². The van der Waals surface area contributed by atoms with Crippen LogP contribution in [0.15, 0.2) is 42.0 Å². The first-order chi connectivity index (χ1) is 29.8. The molecule has 0 aromatic heterocycles. The molecule has 62 heavy (non-hydrogen) atoms. The predicted octanol–water partition coefficient (Wildman–Crippen LogP) is 6.80. The highest BCUT2D eigenvalue weighted by molar-refractivity contribution is 6.00. The highest BCUT2D eigenvalue weighted by Crippen LogP contribution is 2.58. The van der Waals surface area contributed by atoms with Crippen molar-refractivity contribution in [2.45, 2.75) is 153 Å². The zero-order valence-corrected chi connectivity index (χ0v) is 38.5. The maximum atomic E-state index is 15.2. The number of ketones is 1. The quantitative estimate of drug-likeness (QED) is 0.216. The number of Topliss-reactive ketones (excluding diaryl/α,β-unsaturated/α-hetero) is 1. The van der Waals surface area contributed by atoms with Gasteiger partial charge in [0, 0.05) is 39.2 Å². The summed E-state index contributed by atoms with van der Waals surface area (Å²) in [5.41, 5.74) is 3.13. The molecule has 17 atom stereocenters. The predicted molar refractivity (Wildman–Crippen MR) is 231 cm³/mol. The summed E-state index contributed by atoms with van der Waals surface area (Å²) in [5.74, 6) is -1.59. The van der Waals surface area contributed by atoms with Crippen LogP contribution < -0.4 is 0 Å². The van der Waals surface area contributed by atoms with E-state index in [1.165, 1.54) is 7.11 Å². The molecule has 344 valence electrons. The Kier molecular flexibility index (Phi) is 15.5. The first-order valence-electron chi connectivity index (χ1n) is 23.0. The van der Waals surface area contributed by atoms with E-state index in [0.717, 1.165) is 43.2 Å². The van der Waals surface area contributed by atoms with Gasteiger partial charge in [-0.05, 0) is 132 Å². The summed E-state index contributed by atoms with van der Waals surface area (Å²) in [6.45, 7) is 8.10. The molecule has 13 nitrogen and oxygen atoms in total. The molecule has 3 aliphatic heterocycles. The molecule has 1 aromatic rings. The minimum absolute atomic E-state index is 0.00821. The first kappa shape index (κ1) is 47.0. The lowest BCUT2D eigenvalue weighted by Crippen LogP contribution is -2.59. The molecular weight excluding hydrogens is 795 g/mol. The third kappa shape index (κ3) is 9.66. The van der Waals surface area contributed by atoms with Crippen molar-refractivity contribution in [1.29, 1.82) is 0 Å². The van der Waals surface area contributed by atoms with Crippen LogP contribution in [0.4, 0.5) is 0 Å². The largest absolute Gasteiger partial charge is 0.465 e. The van der Waals surface area contributed by atoms with Crippen LogP contribution in [-0.4, -0.2) is 133 Å². The number of rotatable bonds is 11. The van der Waals surface area contributed by atoms with E-state index in [4.69, 9.17) is 42.6 Å². The number of nitrogens with zero attached hydrogens (tertiary/aromatic N) is 1. The molecule has 0 spiro atoms. The summed E-state index contributed by atoms with van der Waals surface area (Å²) in [4.78, 5) is 44.0. The van der Waals surface area contributed by atoms with Crippen molar-refractivity contribution in [3.05, 3.63) is 53.1 Å². The normalized spacial score (nSPS) is 40.3. The minimum atomic E-state index is -0.677. The fourth-order valence-electron chi connectivity index (χ4n) is 11.8. The summed E-state index contributed by atoms with van der Waals surface area (Å²) in [6.07, 6.45) is 7.20. The molecule has 0 N–H and O–H groups in total. The van der Waals surface area contributed by atoms with Crippen LogP contribution in [0.5, 0.6) is 0 Å². The van der Waals surface area contributed by atoms with Gasteiger partial charge in [0.1, 0.15) is 24.4 Å². The van der Waals surface area contributed by atoms with Gasteiger partial charge in [0.05, 0.1) is 43.5 Å². The molecule has 1 aromatic carbocycles. The molecule has 3 aliphatic carbocycles. The first-order valence-corrected chi connectivity index (χ1v) is 23.0. The van der Waals surface area contributed by atoms with Crippen molar-refractivity contribution in [3.63, 3.8) is 0 Å². The van der Waals surface area contributed by atoms with Gasteiger partial charge in [0.25, 0.3) is 0 Å². The lowest BCUT2D eigenvalue weighted by Gasteiger charge is -2.44. The number of hydrogen-bond donors (Lipinski definition) is 0. The smallest absolute Gasteiger partial charge is 0.337 e. The monoisotopic (exact) mass is 865 g/mol. The molecular formula is C49H71NO12. The van der Waals surface area contributed by atoms with Gasteiger partial charge in [-0.2, -0.15) is 0 Å². The maximum Gasteiger partial charge on any atom is 0.337 e. The number of ether oxygens (including phenoxy) is 9. The fraction of sp³-hybridized carbons (Fsp3) is 0.735. The molecule has 0 bridgehead atoms. The Morgan fingerprint density at radius 1 is 0.806 bits per heavy atom. The minimum Gasteiger partial charge on any atom is -0.465 e. The Bertz CT molecular complexity index is 1780. The topological polar surface area (TPSA) is 138 Å². The number of fused-ring (bicyclic) bond motifs is 5. The lowest BCUT2D eigenvalue weighted by molar-refractivity contribution is -0.314. The van der Waals surface area contributed by atoms with Crippen molar-refractivity contribution >= 4 is 23.3 Å². The Morgan fingerprint density at radius 2 is 1.53 bits per heavy atom. The van der Waals surface area contributed by atoms with Crippen LogP contribution in [0, 0.1) is 35.5 Å². The van der Waals surface area contributed by atoms with E-state index in [2.05, 4.69) is 45.0 Å². The van der Waals surface area contributed by atoms with Gasteiger partial charge < -0.3 is 47.5 Å². The van der Waals surface area contributed by atoms with E-state index < -0.39 is 36.5 Å². The number of likely N-dealkylation sites (N-methyl/N-ethyl adjacent to an activating group) is 1. The van der Waals surface area contributed by atoms with E-state index in [0.29, 0.717) is 36.4 Å². The van der Waals surface area contributed by atoms with E-state index >= 15 is 4.79 Å². The van der Waals surface area contributed by atoms with Crippen LogP contribution in [0.25, 0.3) is 5.57 Å². The number of carbonyl (C=O) groups excluding carboxylic acids is 3. The zero-order chi connectivity index (χ0) is 44.4. The molecule has 0 amide bonds. The summed E-state index contributed by atoms with van der Waals surface area (Å²) in [5, 5.41) is 0. The molecule has 1 saturated carbocycles. The Hall–Kier alpha value is -3.01. The third-order valence-corrected chi connectivity index (χ3v) is 15.0. The summed E-state index contributed by atoms with van der Waals surface area (Å²) in [6, 6.07) is 7.77. The second-order valence-corrected chi connectivity index (χ2v) is 18.8. The van der Waals surface area contributed by atoms with E-state index in [1.807, 2.05) is 26.0 Å². The molecule has 6 aliphatic rings. The summed E-state index contributed by atoms with van der Waals surface area (Å²) < 4.78 is 55.3. The van der Waals surface area contributed by atoms with Crippen LogP contribution in [0.3, 0.4) is 0 Å². The number of carbonyl (C=O) groups is 3. The molecule has 7 rings (SSSR count). The van der Waals surface area contributed by atoms with Gasteiger partial charge in [0.2, 0.25) is 0 Å². The van der Waals surface area contributed by atoms with Crippen LogP contribution in [0.1, 0.15) is 101 Å². The number of esters is 2. The molecule has 0 radical (unpaired) electrons. The van der Waals surface area contributed by atoms with Crippen LogP contribution in [-0.2, 0) is 52.2 Å². The van der Waals surface area contributed by atoms with Crippen molar-refractivity contribution in [2.75, 3.05) is 42.5 Å². The van der Waals surface area contributed by atoms with Crippen molar-refractivity contribution < 1.29 is 57.0 Å².